The van der Waals surface area contributed by atoms with Crippen molar-refractivity contribution < 1.29 is 0 Å². The van der Waals surface area contributed by atoms with Crippen LogP contribution in [0.4, 0.5) is 5.69 Å². The lowest BCUT2D eigenvalue weighted by molar-refractivity contribution is 0.567. The van der Waals surface area contributed by atoms with E-state index in [4.69, 9.17) is 0 Å². The fourth-order valence-corrected chi connectivity index (χ4v) is 1.82. The average molecular weight is 205 g/mol. The summed E-state index contributed by atoms with van der Waals surface area (Å²) in [5.74, 6) is 0.810. The molecular weight excluding hydrogens is 182 g/mol. The molecule has 0 atom stereocenters. The zero-order valence-electron chi connectivity index (χ0n) is 10.4. The fraction of sp³-hybridized carbons (Fsp3) is 0.571. The lowest BCUT2D eigenvalue weighted by Crippen LogP contribution is -2.05. The lowest BCUT2D eigenvalue weighted by Gasteiger charge is -2.12. The van der Waals surface area contributed by atoms with Crippen molar-refractivity contribution in [2.75, 3.05) is 11.9 Å². The second-order valence-corrected chi connectivity index (χ2v) is 4.73. The molecule has 0 aliphatic heterocycles. The van der Waals surface area contributed by atoms with Gasteiger partial charge in [0.2, 0.25) is 0 Å². The molecule has 0 heterocycles. The first-order valence-corrected chi connectivity index (χ1v) is 5.91. The van der Waals surface area contributed by atoms with Crippen LogP contribution in [0.15, 0.2) is 18.2 Å². The van der Waals surface area contributed by atoms with Gasteiger partial charge in [-0.15, -0.1) is 0 Å². The van der Waals surface area contributed by atoms with E-state index in [-0.39, 0.29) is 0 Å². The van der Waals surface area contributed by atoms with Crippen molar-refractivity contribution in [1.29, 1.82) is 0 Å². The van der Waals surface area contributed by atoms with Gasteiger partial charge in [0.05, 0.1) is 0 Å². The van der Waals surface area contributed by atoms with Gasteiger partial charge in [0.25, 0.3) is 0 Å². The highest BCUT2D eigenvalue weighted by molar-refractivity contribution is 5.56. The Morgan fingerprint density at radius 2 is 1.73 bits per heavy atom. The number of aryl methyl sites for hydroxylation is 2. The molecule has 0 bridgehead atoms. The Hall–Kier alpha value is -0.980. The van der Waals surface area contributed by atoms with Gasteiger partial charge in [-0.1, -0.05) is 32.0 Å². The molecule has 1 heteroatoms. The van der Waals surface area contributed by atoms with Crippen LogP contribution in [-0.2, 0) is 0 Å². The Balaban J connectivity index is 2.43. The number of para-hydroxylation sites is 1. The Morgan fingerprint density at radius 1 is 1.13 bits per heavy atom. The molecule has 0 unspecified atom stereocenters. The lowest BCUT2D eigenvalue weighted by atomic mass is 10.1. The minimum absolute atomic E-state index is 0.810. The van der Waals surface area contributed by atoms with E-state index in [1.54, 1.807) is 0 Å². The fourth-order valence-electron chi connectivity index (χ4n) is 1.82. The molecule has 1 rings (SSSR count). The Bertz CT molecular complexity index is 282. The predicted molar refractivity (Wildman–Crippen MR) is 68.5 cm³/mol. The maximum Gasteiger partial charge on any atom is 0.0399 e. The third kappa shape index (κ3) is 3.94. The largest absolute Gasteiger partial charge is 0.385 e. The van der Waals surface area contributed by atoms with Crippen molar-refractivity contribution in [3.8, 4) is 0 Å². The quantitative estimate of drug-likeness (QED) is 0.712. The molecule has 0 aromatic heterocycles. The molecule has 0 spiro atoms. The summed E-state index contributed by atoms with van der Waals surface area (Å²) >= 11 is 0. The van der Waals surface area contributed by atoms with Crippen molar-refractivity contribution in [2.24, 2.45) is 5.92 Å². The normalized spacial score (nSPS) is 10.7. The molecule has 1 aromatic rings. The van der Waals surface area contributed by atoms with E-state index in [0.717, 1.165) is 12.5 Å². The zero-order chi connectivity index (χ0) is 11.3. The molecule has 0 saturated heterocycles. The van der Waals surface area contributed by atoms with Gasteiger partial charge >= 0.3 is 0 Å². The van der Waals surface area contributed by atoms with Crippen molar-refractivity contribution in [2.45, 2.75) is 40.5 Å². The summed E-state index contributed by atoms with van der Waals surface area (Å²) in [5.41, 5.74) is 4.01. The maximum atomic E-state index is 3.54. The second kappa shape index (κ2) is 5.79. The van der Waals surface area contributed by atoms with E-state index >= 15 is 0 Å². The molecule has 15 heavy (non-hydrogen) atoms. The summed E-state index contributed by atoms with van der Waals surface area (Å²) in [4.78, 5) is 0. The Labute approximate surface area is 93.9 Å². The summed E-state index contributed by atoms with van der Waals surface area (Å²) in [7, 11) is 0. The highest BCUT2D eigenvalue weighted by Crippen LogP contribution is 2.19. The summed E-state index contributed by atoms with van der Waals surface area (Å²) in [5, 5.41) is 3.54. The molecule has 84 valence electrons. The Morgan fingerprint density at radius 3 is 2.27 bits per heavy atom. The first-order chi connectivity index (χ1) is 7.11. The Kier molecular flexibility index (Phi) is 4.67. The second-order valence-electron chi connectivity index (χ2n) is 4.73. The minimum atomic E-state index is 0.810. The van der Waals surface area contributed by atoms with E-state index < -0.39 is 0 Å². The molecule has 0 fully saturated rings. The van der Waals surface area contributed by atoms with Crippen molar-refractivity contribution in [1.82, 2.24) is 0 Å². The highest BCUT2D eigenvalue weighted by Gasteiger charge is 2.00. The van der Waals surface area contributed by atoms with Crippen LogP contribution in [0, 0.1) is 19.8 Å². The molecule has 0 aliphatic rings. The third-order valence-electron chi connectivity index (χ3n) is 2.74. The molecule has 1 nitrogen and oxygen atoms in total. The van der Waals surface area contributed by atoms with Crippen molar-refractivity contribution in [3.63, 3.8) is 0 Å². The van der Waals surface area contributed by atoms with Crippen molar-refractivity contribution >= 4 is 5.69 Å². The smallest absolute Gasteiger partial charge is 0.0399 e. The minimum Gasteiger partial charge on any atom is -0.385 e. The van der Waals surface area contributed by atoms with Gasteiger partial charge in [0.15, 0.2) is 0 Å². The van der Waals surface area contributed by atoms with E-state index in [1.165, 1.54) is 29.7 Å². The molecular formula is C14H23N. The summed E-state index contributed by atoms with van der Waals surface area (Å²) in [6.45, 7) is 9.97. The van der Waals surface area contributed by atoms with E-state index in [0.29, 0.717) is 0 Å². The monoisotopic (exact) mass is 205 g/mol. The molecule has 0 amide bonds. The molecule has 0 aliphatic carbocycles. The van der Waals surface area contributed by atoms with Crippen LogP contribution < -0.4 is 5.32 Å². The van der Waals surface area contributed by atoms with Gasteiger partial charge in [-0.3, -0.25) is 0 Å². The van der Waals surface area contributed by atoms with Gasteiger partial charge in [-0.05, 0) is 43.7 Å². The number of anilines is 1. The van der Waals surface area contributed by atoms with Gasteiger partial charge in [-0.25, -0.2) is 0 Å². The highest BCUT2D eigenvalue weighted by atomic mass is 14.9. The third-order valence-corrected chi connectivity index (χ3v) is 2.74. The topological polar surface area (TPSA) is 12.0 Å². The maximum absolute atomic E-state index is 3.54. The van der Waals surface area contributed by atoms with Crippen LogP contribution >= 0.6 is 0 Å². The van der Waals surface area contributed by atoms with Crippen LogP contribution in [-0.4, -0.2) is 6.54 Å². The number of nitrogens with one attached hydrogen (secondary N) is 1. The number of rotatable bonds is 5. The van der Waals surface area contributed by atoms with Gasteiger partial charge in [-0.2, -0.15) is 0 Å². The van der Waals surface area contributed by atoms with E-state index in [1.807, 2.05) is 0 Å². The van der Waals surface area contributed by atoms with Gasteiger partial charge < -0.3 is 5.32 Å². The number of hydrogen-bond acceptors (Lipinski definition) is 1. The molecule has 1 N–H and O–H groups in total. The average Bonchev–Trinajstić information content (AvgIpc) is 2.15. The van der Waals surface area contributed by atoms with Crippen LogP contribution in [0.3, 0.4) is 0 Å². The van der Waals surface area contributed by atoms with Crippen LogP contribution in [0.1, 0.15) is 37.8 Å². The van der Waals surface area contributed by atoms with Gasteiger partial charge in [0, 0.05) is 12.2 Å². The standard InChI is InChI=1S/C14H23N/c1-11(2)7-6-10-15-14-12(3)8-5-9-13(14)4/h5,8-9,11,15H,6-7,10H2,1-4H3. The first-order valence-electron chi connectivity index (χ1n) is 5.91. The summed E-state index contributed by atoms with van der Waals surface area (Å²) < 4.78 is 0. The van der Waals surface area contributed by atoms with E-state index in [9.17, 15) is 0 Å². The molecule has 0 radical (unpaired) electrons. The predicted octanol–water partition coefficient (Wildman–Crippen LogP) is 4.15. The summed E-state index contributed by atoms with van der Waals surface area (Å²) in [6.07, 6.45) is 2.56. The van der Waals surface area contributed by atoms with Crippen LogP contribution in [0.25, 0.3) is 0 Å². The molecule has 0 saturated carbocycles. The van der Waals surface area contributed by atoms with E-state index in [2.05, 4.69) is 51.2 Å². The molecule has 1 aromatic carbocycles. The van der Waals surface area contributed by atoms with Crippen LogP contribution in [0.5, 0.6) is 0 Å². The zero-order valence-corrected chi connectivity index (χ0v) is 10.4. The van der Waals surface area contributed by atoms with Crippen molar-refractivity contribution in [3.05, 3.63) is 29.3 Å². The first kappa shape index (κ1) is 12.1. The SMILES string of the molecule is Cc1cccc(C)c1NCCCC(C)C. The number of benzene rings is 1. The van der Waals surface area contributed by atoms with Gasteiger partial charge in [0.1, 0.15) is 0 Å². The number of hydrogen-bond donors (Lipinski definition) is 1. The summed E-state index contributed by atoms with van der Waals surface area (Å²) in [6, 6.07) is 6.44. The van der Waals surface area contributed by atoms with Crippen LogP contribution in [0.2, 0.25) is 0 Å².